The second-order valence-electron chi connectivity index (χ2n) is 11.8. The largest absolute Gasteiger partial charge is 0.481 e. The second-order valence-corrected chi connectivity index (χ2v) is 11.8. The van der Waals surface area contributed by atoms with Crippen molar-refractivity contribution in [2.45, 2.75) is 72.3 Å². The van der Waals surface area contributed by atoms with Gasteiger partial charge in [0.2, 0.25) is 0 Å². The molecule has 4 nitrogen and oxygen atoms in total. The number of hydrogen-bond donors (Lipinski definition) is 2. The lowest BCUT2D eigenvalue weighted by Gasteiger charge is -2.70. The van der Waals surface area contributed by atoms with Crippen LogP contribution >= 0.6 is 0 Å². The molecule has 6 rings (SSSR count). The maximum Gasteiger partial charge on any atom is 0.309 e. The molecule has 2 bridgehead atoms. The lowest BCUT2D eigenvalue weighted by molar-refractivity contribution is -0.205. The molecule has 0 aromatic rings. The SMILES string of the molecule is CC(C)C1=CC23CCC4C(C)(CCC[C@]4(C)C(=O)O)C2CC1C1C(=O)C=CC(O)C13. The summed E-state index contributed by atoms with van der Waals surface area (Å²) in [6.07, 6.45) is 10.7. The van der Waals surface area contributed by atoms with Crippen LogP contribution < -0.4 is 0 Å². The molecule has 164 valence electrons. The lowest BCUT2D eigenvalue weighted by atomic mass is 9.33. The number of carboxylic acid groups (broad SMARTS) is 1. The Labute approximate surface area is 179 Å². The van der Waals surface area contributed by atoms with Crippen LogP contribution in [0.4, 0.5) is 0 Å². The summed E-state index contributed by atoms with van der Waals surface area (Å²) in [6, 6.07) is 0. The van der Waals surface area contributed by atoms with Crippen molar-refractivity contribution in [2.75, 3.05) is 0 Å². The molecule has 3 fully saturated rings. The van der Waals surface area contributed by atoms with Gasteiger partial charge in [-0.3, -0.25) is 9.59 Å². The quantitative estimate of drug-likeness (QED) is 0.649. The van der Waals surface area contributed by atoms with Crippen LogP contribution in [0.5, 0.6) is 0 Å². The summed E-state index contributed by atoms with van der Waals surface area (Å²) < 4.78 is 0. The number of rotatable bonds is 2. The van der Waals surface area contributed by atoms with Gasteiger partial charge in [-0.15, -0.1) is 0 Å². The van der Waals surface area contributed by atoms with Gasteiger partial charge in [0, 0.05) is 11.8 Å². The van der Waals surface area contributed by atoms with Gasteiger partial charge in [0.05, 0.1) is 11.5 Å². The van der Waals surface area contributed by atoms with Crippen LogP contribution in [0.3, 0.4) is 0 Å². The van der Waals surface area contributed by atoms with E-state index in [1.165, 1.54) is 5.57 Å². The van der Waals surface area contributed by atoms with E-state index in [1.54, 1.807) is 12.2 Å². The number of fused-ring (bicyclic) bond motifs is 1. The molecular formula is C26H36O4. The average Bonchev–Trinajstić information content (AvgIpc) is 2.69. The van der Waals surface area contributed by atoms with E-state index in [0.29, 0.717) is 11.8 Å². The summed E-state index contributed by atoms with van der Waals surface area (Å²) in [5.41, 5.74) is 0.481. The van der Waals surface area contributed by atoms with Gasteiger partial charge >= 0.3 is 5.97 Å². The molecule has 30 heavy (non-hydrogen) atoms. The first-order valence-electron chi connectivity index (χ1n) is 11.9. The van der Waals surface area contributed by atoms with Gasteiger partial charge in [-0.25, -0.2) is 0 Å². The van der Waals surface area contributed by atoms with E-state index in [-0.39, 0.29) is 40.3 Å². The second kappa shape index (κ2) is 6.31. The summed E-state index contributed by atoms with van der Waals surface area (Å²) >= 11 is 0. The Morgan fingerprint density at radius 1 is 1.17 bits per heavy atom. The highest BCUT2D eigenvalue weighted by molar-refractivity contribution is 5.94. The van der Waals surface area contributed by atoms with Gasteiger partial charge in [0.15, 0.2) is 5.78 Å². The fourth-order valence-corrected chi connectivity index (χ4v) is 9.24. The zero-order chi connectivity index (χ0) is 21.6. The highest BCUT2D eigenvalue weighted by Gasteiger charge is 2.70. The van der Waals surface area contributed by atoms with Crippen LogP contribution in [-0.2, 0) is 9.59 Å². The van der Waals surface area contributed by atoms with E-state index < -0.39 is 17.5 Å². The number of carboxylic acids is 1. The van der Waals surface area contributed by atoms with Crippen molar-refractivity contribution in [3.05, 3.63) is 23.8 Å². The zero-order valence-electron chi connectivity index (χ0n) is 18.7. The fourth-order valence-electron chi connectivity index (χ4n) is 9.24. The molecule has 0 amide bonds. The van der Waals surface area contributed by atoms with E-state index in [9.17, 15) is 19.8 Å². The molecule has 8 unspecified atom stereocenters. The predicted octanol–water partition coefficient (Wildman–Crippen LogP) is 4.63. The number of aliphatic carboxylic acids is 1. The third-order valence-electron chi connectivity index (χ3n) is 10.4. The number of aliphatic hydroxyl groups excluding tert-OH is 1. The first-order chi connectivity index (χ1) is 14.1. The molecule has 6 aliphatic carbocycles. The Kier molecular flexibility index (Phi) is 4.31. The van der Waals surface area contributed by atoms with Crippen LogP contribution in [0.2, 0.25) is 0 Å². The minimum atomic E-state index is -0.670. The van der Waals surface area contributed by atoms with Gasteiger partial charge in [-0.2, -0.15) is 0 Å². The Morgan fingerprint density at radius 2 is 1.90 bits per heavy atom. The fraction of sp³-hybridized carbons (Fsp3) is 0.769. The van der Waals surface area contributed by atoms with Crippen molar-refractivity contribution in [2.24, 2.45) is 51.8 Å². The summed E-state index contributed by atoms with van der Waals surface area (Å²) in [5.74, 6) is 0.440. The third kappa shape index (κ3) is 2.32. The summed E-state index contributed by atoms with van der Waals surface area (Å²) in [6.45, 7) is 8.76. The molecule has 0 aromatic carbocycles. The van der Waals surface area contributed by atoms with Crippen LogP contribution in [0.25, 0.3) is 0 Å². The minimum Gasteiger partial charge on any atom is -0.481 e. The Bertz CT molecular complexity index is 855. The summed E-state index contributed by atoms with van der Waals surface area (Å²) in [7, 11) is 0. The van der Waals surface area contributed by atoms with Gasteiger partial charge in [0.1, 0.15) is 0 Å². The summed E-state index contributed by atoms with van der Waals surface area (Å²) in [4.78, 5) is 25.4. The smallest absolute Gasteiger partial charge is 0.309 e. The van der Waals surface area contributed by atoms with Gasteiger partial charge in [0.25, 0.3) is 0 Å². The molecule has 0 aromatic heterocycles. The summed E-state index contributed by atoms with van der Waals surface area (Å²) in [5, 5.41) is 21.3. The molecule has 2 N–H and O–H groups in total. The van der Waals surface area contributed by atoms with Gasteiger partial charge < -0.3 is 10.2 Å². The first kappa shape index (κ1) is 20.5. The van der Waals surface area contributed by atoms with E-state index in [4.69, 9.17) is 0 Å². The standard InChI is InChI=1S/C26H36O4/c1-14(2)16-13-26-11-8-19-24(3,9-5-10-25(19,4)23(29)30)20(26)12-15(16)21-17(27)6-7-18(28)22(21)26/h6-7,13-15,18-22,28H,5,8-12H2,1-4H3,(H,29,30)/t15?,18?,19?,20?,21?,22?,24?,25-,26?/m0/s1. The molecule has 4 heteroatoms. The van der Waals surface area contributed by atoms with Crippen LogP contribution in [0, 0.1) is 51.8 Å². The molecular weight excluding hydrogens is 376 g/mol. The van der Waals surface area contributed by atoms with Crippen molar-refractivity contribution in [1.29, 1.82) is 0 Å². The number of hydrogen-bond acceptors (Lipinski definition) is 3. The van der Waals surface area contributed by atoms with Crippen molar-refractivity contribution in [1.82, 2.24) is 0 Å². The average molecular weight is 413 g/mol. The van der Waals surface area contributed by atoms with Gasteiger partial charge in [-0.1, -0.05) is 44.9 Å². The van der Waals surface area contributed by atoms with E-state index in [1.807, 2.05) is 6.92 Å². The molecule has 0 heterocycles. The van der Waals surface area contributed by atoms with Crippen molar-refractivity contribution in [3.8, 4) is 0 Å². The van der Waals surface area contributed by atoms with E-state index >= 15 is 0 Å². The van der Waals surface area contributed by atoms with Crippen LogP contribution in [0.1, 0.15) is 66.2 Å². The maximum absolute atomic E-state index is 13.1. The molecule has 0 saturated heterocycles. The number of allylic oxidation sites excluding steroid dienone is 3. The molecule has 3 saturated carbocycles. The maximum atomic E-state index is 13.1. The van der Waals surface area contributed by atoms with Crippen LogP contribution in [-0.4, -0.2) is 28.1 Å². The highest BCUT2D eigenvalue weighted by Crippen LogP contribution is 2.74. The Hall–Kier alpha value is -1.42. The Balaban J connectivity index is 1.67. The molecule has 0 aliphatic heterocycles. The number of aliphatic hydroxyl groups is 1. The van der Waals surface area contributed by atoms with Crippen molar-refractivity contribution in [3.63, 3.8) is 0 Å². The van der Waals surface area contributed by atoms with Gasteiger partial charge in [-0.05, 0) is 79.6 Å². The Morgan fingerprint density at radius 3 is 2.57 bits per heavy atom. The minimum absolute atomic E-state index is 0.0583. The van der Waals surface area contributed by atoms with Crippen molar-refractivity contribution < 1.29 is 19.8 Å². The first-order valence-corrected chi connectivity index (χ1v) is 11.9. The predicted molar refractivity (Wildman–Crippen MR) is 115 cm³/mol. The normalized spacial score (nSPS) is 51.8. The topological polar surface area (TPSA) is 74.6 Å². The number of ketones is 1. The molecule has 9 atom stereocenters. The molecule has 0 radical (unpaired) electrons. The monoisotopic (exact) mass is 412 g/mol. The van der Waals surface area contributed by atoms with Crippen LogP contribution in [0.15, 0.2) is 23.8 Å². The van der Waals surface area contributed by atoms with E-state index in [0.717, 1.165) is 38.5 Å². The molecule has 1 spiro atoms. The zero-order valence-corrected chi connectivity index (χ0v) is 18.7. The van der Waals surface area contributed by atoms with E-state index in [2.05, 4.69) is 26.8 Å². The number of carbonyl (C=O) groups excluding carboxylic acids is 1. The molecule has 6 aliphatic rings. The lowest BCUT2D eigenvalue weighted by Crippen LogP contribution is -2.67. The third-order valence-corrected chi connectivity index (χ3v) is 10.4. The number of carbonyl (C=O) groups is 2. The van der Waals surface area contributed by atoms with Crippen molar-refractivity contribution >= 4 is 11.8 Å². The highest BCUT2D eigenvalue weighted by atomic mass is 16.4.